The molecule has 7 nitrogen and oxygen atoms in total. The van der Waals surface area contributed by atoms with Crippen LogP contribution in [-0.2, 0) is 11.3 Å². The van der Waals surface area contributed by atoms with Gasteiger partial charge in [0.15, 0.2) is 5.82 Å². The van der Waals surface area contributed by atoms with E-state index in [1.807, 2.05) is 24.9 Å². The van der Waals surface area contributed by atoms with E-state index in [1.54, 1.807) is 12.3 Å². The van der Waals surface area contributed by atoms with Crippen LogP contribution < -0.4 is 5.32 Å². The highest BCUT2D eigenvalue weighted by Crippen LogP contribution is 2.38. The number of hydrogen-bond donors (Lipinski definition) is 1. The zero-order chi connectivity index (χ0) is 15.5. The molecule has 1 N–H and O–H groups in total. The van der Waals surface area contributed by atoms with Gasteiger partial charge in [0.2, 0.25) is 11.8 Å². The highest BCUT2D eigenvalue weighted by Gasteiger charge is 2.29. The van der Waals surface area contributed by atoms with Crippen LogP contribution in [0.3, 0.4) is 0 Å². The largest absolute Gasteiger partial charge is 0.339 e. The van der Waals surface area contributed by atoms with Crippen molar-refractivity contribution in [3.63, 3.8) is 0 Å². The molecule has 0 atom stereocenters. The minimum atomic E-state index is -0.121. The van der Waals surface area contributed by atoms with E-state index < -0.39 is 0 Å². The molecule has 2 heterocycles. The van der Waals surface area contributed by atoms with E-state index >= 15 is 0 Å². The van der Waals surface area contributed by atoms with Gasteiger partial charge in [-0.05, 0) is 38.4 Å². The molecule has 1 fully saturated rings. The maximum Gasteiger partial charge on any atom is 0.239 e. The van der Waals surface area contributed by atoms with Crippen molar-refractivity contribution in [1.29, 1.82) is 0 Å². The molecule has 116 valence electrons. The smallest absolute Gasteiger partial charge is 0.239 e. The standard InChI is InChI=1S/C15H19N5O2/c1-10-3-6-12(16-7-10)17-14(21)9-20(2)8-13-18-15(22-19-13)11-4-5-11/h3,6-7,11H,4-5,8-9H2,1-2H3,(H,16,17,21). The second-order valence-electron chi connectivity index (χ2n) is 5.76. The number of carbonyl (C=O) groups is 1. The second-order valence-corrected chi connectivity index (χ2v) is 5.76. The summed E-state index contributed by atoms with van der Waals surface area (Å²) >= 11 is 0. The van der Waals surface area contributed by atoms with E-state index in [0.29, 0.717) is 24.1 Å². The van der Waals surface area contributed by atoms with Gasteiger partial charge < -0.3 is 9.84 Å². The third kappa shape index (κ3) is 3.88. The van der Waals surface area contributed by atoms with Crippen molar-refractivity contribution in [2.45, 2.75) is 32.2 Å². The molecular formula is C15H19N5O2. The lowest BCUT2D eigenvalue weighted by Crippen LogP contribution is -2.30. The molecule has 0 unspecified atom stereocenters. The number of pyridine rings is 1. The number of carbonyl (C=O) groups excluding carboxylic acids is 1. The van der Waals surface area contributed by atoms with Gasteiger partial charge in [0.25, 0.3) is 0 Å². The predicted octanol–water partition coefficient (Wildman–Crippen LogP) is 1.72. The number of amides is 1. The molecule has 0 spiro atoms. The first-order chi connectivity index (χ1) is 10.6. The van der Waals surface area contributed by atoms with Gasteiger partial charge in [-0.2, -0.15) is 4.98 Å². The van der Waals surface area contributed by atoms with Gasteiger partial charge in [0.1, 0.15) is 5.82 Å². The minimum Gasteiger partial charge on any atom is -0.339 e. The second kappa shape index (κ2) is 6.23. The monoisotopic (exact) mass is 301 g/mol. The molecule has 2 aromatic heterocycles. The Morgan fingerprint density at radius 3 is 2.95 bits per heavy atom. The maximum absolute atomic E-state index is 12.0. The summed E-state index contributed by atoms with van der Waals surface area (Å²) in [7, 11) is 1.84. The van der Waals surface area contributed by atoms with Gasteiger partial charge in [-0.3, -0.25) is 9.69 Å². The van der Waals surface area contributed by atoms with Crippen molar-refractivity contribution in [2.75, 3.05) is 18.9 Å². The summed E-state index contributed by atoms with van der Waals surface area (Å²) in [6.45, 7) is 2.67. The summed E-state index contributed by atoms with van der Waals surface area (Å²) in [6.07, 6.45) is 3.98. The fourth-order valence-corrected chi connectivity index (χ4v) is 2.09. The fraction of sp³-hybridized carbons (Fsp3) is 0.467. The first-order valence-corrected chi connectivity index (χ1v) is 7.33. The molecule has 1 amide bonds. The molecule has 2 aromatic rings. The highest BCUT2D eigenvalue weighted by molar-refractivity contribution is 5.91. The van der Waals surface area contributed by atoms with Crippen molar-refractivity contribution in [1.82, 2.24) is 20.0 Å². The van der Waals surface area contributed by atoms with Crippen LogP contribution in [-0.4, -0.2) is 39.5 Å². The number of hydrogen-bond acceptors (Lipinski definition) is 6. The van der Waals surface area contributed by atoms with Gasteiger partial charge in [0, 0.05) is 12.1 Å². The van der Waals surface area contributed by atoms with Crippen LogP contribution in [0.5, 0.6) is 0 Å². The van der Waals surface area contributed by atoms with E-state index in [2.05, 4.69) is 20.4 Å². The van der Waals surface area contributed by atoms with Crippen molar-refractivity contribution in [3.8, 4) is 0 Å². The molecule has 0 aliphatic heterocycles. The van der Waals surface area contributed by atoms with Gasteiger partial charge in [-0.15, -0.1) is 0 Å². The van der Waals surface area contributed by atoms with E-state index in [0.717, 1.165) is 24.3 Å². The molecule has 3 rings (SSSR count). The minimum absolute atomic E-state index is 0.121. The quantitative estimate of drug-likeness (QED) is 0.874. The summed E-state index contributed by atoms with van der Waals surface area (Å²) in [4.78, 5) is 22.3. The Hall–Kier alpha value is -2.28. The molecule has 0 radical (unpaired) electrons. The van der Waals surface area contributed by atoms with Crippen molar-refractivity contribution >= 4 is 11.7 Å². The third-order valence-electron chi connectivity index (χ3n) is 3.41. The Kier molecular flexibility index (Phi) is 4.15. The zero-order valence-electron chi connectivity index (χ0n) is 12.7. The number of rotatable bonds is 6. The molecule has 0 bridgehead atoms. The lowest BCUT2D eigenvalue weighted by Gasteiger charge is -2.13. The van der Waals surface area contributed by atoms with E-state index in [1.165, 1.54) is 0 Å². The summed E-state index contributed by atoms with van der Waals surface area (Å²) in [5.41, 5.74) is 1.05. The van der Waals surface area contributed by atoms with Crippen LogP contribution in [0.15, 0.2) is 22.9 Å². The Labute approximate surface area is 128 Å². The summed E-state index contributed by atoms with van der Waals surface area (Å²) < 4.78 is 5.20. The topological polar surface area (TPSA) is 84.2 Å². The van der Waals surface area contributed by atoms with Crippen LogP contribution in [0.25, 0.3) is 0 Å². The molecule has 22 heavy (non-hydrogen) atoms. The Morgan fingerprint density at radius 1 is 1.45 bits per heavy atom. The Bertz CT molecular complexity index is 648. The van der Waals surface area contributed by atoms with Crippen LogP contribution in [0.2, 0.25) is 0 Å². The first kappa shape index (κ1) is 14.6. The lowest BCUT2D eigenvalue weighted by atomic mass is 10.3. The van der Waals surface area contributed by atoms with Crippen molar-refractivity contribution in [3.05, 3.63) is 35.6 Å². The summed E-state index contributed by atoms with van der Waals surface area (Å²) in [5, 5.41) is 6.71. The number of aryl methyl sites for hydroxylation is 1. The van der Waals surface area contributed by atoms with Crippen LogP contribution in [0.4, 0.5) is 5.82 Å². The third-order valence-corrected chi connectivity index (χ3v) is 3.41. The van der Waals surface area contributed by atoms with Gasteiger partial charge in [-0.25, -0.2) is 4.98 Å². The summed E-state index contributed by atoms with van der Waals surface area (Å²) in [6, 6.07) is 3.69. The highest BCUT2D eigenvalue weighted by atomic mass is 16.5. The normalized spacial score (nSPS) is 14.3. The number of aromatic nitrogens is 3. The molecule has 0 aromatic carbocycles. The van der Waals surface area contributed by atoms with Crippen LogP contribution >= 0.6 is 0 Å². The molecule has 1 aliphatic carbocycles. The average molecular weight is 301 g/mol. The first-order valence-electron chi connectivity index (χ1n) is 7.33. The number of likely N-dealkylation sites (N-methyl/N-ethyl adjacent to an activating group) is 1. The zero-order valence-corrected chi connectivity index (χ0v) is 12.7. The Balaban J connectivity index is 1.48. The average Bonchev–Trinajstić information content (AvgIpc) is 3.22. The van der Waals surface area contributed by atoms with Crippen molar-refractivity contribution in [2.24, 2.45) is 0 Å². The van der Waals surface area contributed by atoms with Crippen LogP contribution in [0, 0.1) is 6.92 Å². The van der Waals surface area contributed by atoms with Gasteiger partial charge in [0.05, 0.1) is 13.1 Å². The van der Waals surface area contributed by atoms with Crippen LogP contribution in [0.1, 0.15) is 36.0 Å². The molecule has 0 saturated heterocycles. The summed E-state index contributed by atoms with van der Waals surface area (Å²) in [5.74, 6) is 2.22. The van der Waals surface area contributed by atoms with E-state index in [4.69, 9.17) is 4.52 Å². The SMILES string of the molecule is Cc1ccc(NC(=O)CN(C)Cc2noc(C3CC3)n2)nc1. The maximum atomic E-state index is 12.0. The fourth-order valence-electron chi connectivity index (χ4n) is 2.09. The van der Waals surface area contributed by atoms with E-state index in [9.17, 15) is 4.79 Å². The van der Waals surface area contributed by atoms with Gasteiger partial charge in [-0.1, -0.05) is 11.2 Å². The molecule has 1 aliphatic rings. The van der Waals surface area contributed by atoms with E-state index in [-0.39, 0.29) is 12.5 Å². The Morgan fingerprint density at radius 2 is 2.27 bits per heavy atom. The number of anilines is 1. The predicted molar refractivity (Wildman–Crippen MR) is 80.2 cm³/mol. The number of nitrogens with zero attached hydrogens (tertiary/aromatic N) is 4. The number of nitrogens with one attached hydrogen (secondary N) is 1. The van der Waals surface area contributed by atoms with Gasteiger partial charge >= 0.3 is 0 Å². The molecule has 7 heteroatoms. The lowest BCUT2D eigenvalue weighted by molar-refractivity contribution is -0.117. The molecule has 1 saturated carbocycles. The molecular weight excluding hydrogens is 282 g/mol. The van der Waals surface area contributed by atoms with Crippen molar-refractivity contribution < 1.29 is 9.32 Å².